The summed E-state index contributed by atoms with van der Waals surface area (Å²) in [6, 6.07) is 5.26. The van der Waals surface area contributed by atoms with Gasteiger partial charge in [-0.2, -0.15) is 0 Å². The van der Waals surface area contributed by atoms with Gasteiger partial charge in [-0.25, -0.2) is 0 Å². The zero-order valence-electron chi connectivity index (χ0n) is 11.2. The van der Waals surface area contributed by atoms with Gasteiger partial charge in [-0.15, -0.1) is 0 Å². The maximum Gasteiger partial charge on any atom is 0.258 e. The minimum Gasteiger partial charge on any atom is -0.482 e. The lowest BCUT2D eigenvalue weighted by molar-refractivity contribution is -0.124. The van der Waals surface area contributed by atoms with Crippen LogP contribution in [0.15, 0.2) is 22.7 Å². The Morgan fingerprint density at radius 1 is 1.65 bits per heavy atom. The Kier molecular flexibility index (Phi) is 5.69. The molecule has 1 saturated heterocycles. The Morgan fingerprint density at radius 3 is 3.10 bits per heavy atom. The Balaban J connectivity index is 1.79. The molecular weight excluding hydrogens is 346 g/mol. The number of benzene rings is 1. The molecule has 1 fully saturated rings. The lowest BCUT2D eigenvalue weighted by Crippen LogP contribution is -2.42. The van der Waals surface area contributed by atoms with Crippen molar-refractivity contribution in [3.63, 3.8) is 0 Å². The summed E-state index contributed by atoms with van der Waals surface area (Å²) < 4.78 is 11.8. The maximum absolute atomic E-state index is 11.8. The second-order valence-electron chi connectivity index (χ2n) is 4.77. The fraction of sp³-hybridized carbons (Fsp3) is 0.500. The molecule has 2 rings (SSSR count). The van der Waals surface area contributed by atoms with Gasteiger partial charge in [-0.1, -0.05) is 27.5 Å². The first-order valence-electron chi connectivity index (χ1n) is 6.55. The van der Waals surface area contributed by atoms with E-state index < -0.39 is 0 Å². The first kappa shape index (κ1) is 15.6. The van der Waals surface area contributed by atoms with Crippen molar-refractivity contribution in [2.24, 2.45) is 0 Å². The van der Waals surface area contributed by atoms with Gasteiger partial charge in [0.1, 0.15) is 5.75 Å². The summed E-state index contributed by atoms with van der Waals surface area (Å²) in [6.45, 7) is 2.66. The highest BCUT2D eigenvalue weighted by Gasteiger charge is 2.23. The van der Waals surface area contributed by atoms with E-state index in [1.165, 1.54) is 0 Å². The smallest absolute Gasteiger partial charge is 0.258 e. The number of ether oxygens (including phenoxy) is 2. The van der Waals surface area contributed by atoms with E-state index in [-0.39, 0.29) is 24.7 Å². The van der Waals surface area contributed by atoms with Gasteiger partial charge < -0.3 is 14.8 Å². The molecule has 0 radical (unpaired) electrons. The van der Waals surface area contributed by atoms with Crippen LogP contribution in [-0.2, 0) is 9.53 Å². The Labute approximate surface area is 131 Å². The minimum atomic E-state index is -0.174. The molecule has 1 heterocycles. The fourth-order valence-corrected chi connectivity index (χ4v) is 2.85. The first-order valence-corrected chi connectivity index (χ1v) is 7.72. The van der Waals surface area contributed by atoms with E-state index in [1.807, 2.05) is 13.0 Å². The van der Waals surface area contributed by atoms with Gasteiger partial charge in [0.25, 0.3) is 5.91 Å². The average Bonchev–Trinajstić information content (AvgIpc) is 2.91. The van der Waals surface area contributed by atoms with Crippen LogP contribution in [-0.4, -0.2) is 31.3 Å². The number of halogens is 2. The van der Waals surface area contributed by atoms with Crippen LogP contribution in [0.3, 0.4) is 0 Å². The van der Waals surface area contributed by atoms with E-state index in [1.54, 1.807) is 12.1 Å². The summed E-state index contributed by atoms with van der Waals surface area (Å²) in [5, 5.41) is 3.35. The largest absolute Gasteiger partial charge is 0.482 e. The van der Waals surface area contributed by atoms with E-state index in [9.17, 15) is 4.79 Å². The van der Waals surface area contributed by atoms with Gasteiger partial charge >= 0.3 is 0 Å². The third kappa shape index (κ3) is 4.36. The molecule has 110 valence electrons. The van der Waals surface area contributed by atoms with Gasteiger partial charge in [-0.3, -0.25) is 4.79 Å². The molecule has 1 aromatic rings. The molecule has 0 unspecified atom stereocenters. The van der Waals surface area contributed by atoms with Crippen LogP contribution in [0.5, 0.6) is 5.75 Å². The predicted molar refractivity (Wildman–Crippen MR) is 81.2 cm³/mol. The molecule has 2 atom stereocenters. The SMILES string of the molecule is C[C@H](NC(=O)COc1ccc(Br)cc1Cl)[C@H]1CCCO1. The quantitative estimate of drug-likeness (QED) is 0.875. The van der Waals surface area contributed by atoms with Crippen LogP contribution < -0.4 is 10.1 Å². The van der Waals surface area contributed by atoms with E-state index in [0.717, 1.165) is 23.9 Å². The summed E-state index contributed by atoms with van der Waals surface area (Å²) in [6.07, 6.45) is 2.15. The van der Waals surface area contributed by atoms with Crippen molar-refractivity contribution < 1.29 is 14.3 Å². The molecule has 1 aliphatic rings. The Hall–Kier alpha value is -0.780. The van der Waals surface area contributed by atoms with E-state index in [2.05, 4.69) is 21.2 Å². The molecule has 0 saturated carbocycles. The first-order chi connectivity index (χ1) is 9.56. The normalized spacial score (nSPS) is 19.6. The van der Waals surface area contributed by atoms with Crippen LogP contribution in [0.2, 0.25) is 5.02 Å². The summed E-state index contributed by atoms with van der Waals surface area (Å²) >= 11 is 9.33. The third-order valence-electron chi connectivity index (χ3n) is 3.16. The molecule has 0 aromatic heterocycles. The number of hydrogen-bond donors (Lipinski definition) is 1. The third-order valence-corrected chi connectivity index (χ3v) is 3.95. The molecule has 0 spiro atoms. The second-order valence-corrected chi connectivity index (χ2v) is 6.09. The number of rotatable bonds is 5. The van der Waals surface area contributed by atoms with Crippen molar-refractivity contribution in [2.75, 3.05) is 13.2 Å². The lowest BCUT2D eigenvalue weighted by Gasteiger charge is -2.20. The van der Waals surface area contributed by atoms with Gasteiger partial charge in [0.15, 0.2) is 6.61 Å². The average molecular weight is 363 g/mol. The van der Waals surface area contributed by atoms with Crippen LogP contribution in [0.4, 0.5) is 0 Å². The van der Waals surface area contributed by atoms with Gasteiger partial charge in [0, 0.05) is 11.1 Å². The zero-order chi connectivity index (χ0) is 14.5. The van der Waals surface area contributed by atoms with Crippen molar-refractivity contribution in [1.82, 2.24) is 5.32 Å². The monoisotopic (exact) mass is 361 g/mol. The van der Waals surface area contributed by atoms with Crippen molar-refractivity contribution in [3.05, 3.63) is 27.7 Å². The Morgan fingerprint density at radius 2 is 2.45 bits per heavy atom. The minimum absolute atomic E-state index is 0.00557. The van der Waals surface area contributed by atoms with Crippen molar-refractivity contribution in [3.8, 4) is 5.75 Å². The van der Waals surface area contributed by atoms with E-state index in [4.69, 9.17) is 21.1 Å². The standard InChI is InChI=1S/C14H17BrClNO3/c1-9(12-3-2-6-19-12)17-14(18)8-20-13-5-4-10(15)7-11(13)16/h4-5,7,9,12H,2-3,6,8H2,1H3,(H,17,18)/t9-,12+/m0/s1. The molecule has 0 aliphatic carbocycles. The molecular formula is C14H17BrClNO3. The number of carbonyl (C=O) groups is 1. The summed E-state index contributed by atoms with van der Waals surface area (Å²) in [5.41, 5.74) is 0. The van der Waals surface area contributed by atoms with Gasteiger partial charge in [0.05, 0.1) is 17.2 Å². The maximum atomic E-state index is 11.8. The molecule has 6 heteroatoms. The zero-order valence-corrected chi connectivity index (χ0v) is 13.5. The van der Waals surface area contributed by atoms with Crippen LogP contribution >= 0.6 is 27.5 Å². The van der Waals surface area contributed by atoms with Gasteiger partial charge in [-0.05, 0) is 38.0 Å². The number of amides is 1. The highest BCUT2D eigenvalue weighted by atomic mass is 79.9. The molecule has 1 aromatic carbocycles. The van der Waals surface area contributed by atoms with Crippen LogP contribution in [0.1, 0.15) is 19.8 Å². The fourth-order valence-electron chi connectivity index (χ4n) is 2.12. The molecule has 1 aliphatic heterocycles. The van der Waals surface area contributed by atoms with Crippen molar-refractivity contribution in [1.29, 1.82) is 0 Å². The van der Waals surface area contributed by atoms with Crippen molar-refractivity contribution >= 4 is 33.4 Å². The highest BCUT2D eigenvalue weighted by molar-refractivity contribution is 9.10. The van der Waals surface area contributed by atoms with Gasteiger partial charge in [0.2, 0.25) is 0 Å². The molecule has 1 amide bonds. The predicted octanol–water partition coefficient (Wildman–Crippen LogP) is 3.17. The molecule has 4 nitrogen and oxygen atoms in total. The number of carbonyl (C=O) groups excluding carboxylic acids is 1. The summed E-state index contributed by atoms with van der Waals surface area (Å²) in [5.74, 6) is 0.321. The highest BCUT2D eigenvalue weighted by Crippen LogP contribution is 2.27. The second kappa shape index (κ2) is 7.29. The van der Waals surface area contributed by atoms with Crippen molar-refractivity contribution in [2.45, 2.75) is 31.9 Å². The van der Waals surface area contributed by atoms with E-state index in [0.29, 0.717) is 10.8 Å². The molecule has 0 bridgehead atoms. The van der Waals surface area contributed by atoms with E-state index >= 15 is 0 Å². The molecule has 1 N–H and O–H groups in total. The topological polar surface area (TPSA) is 47.6 Å². The molecule has 20 heavy (non-hydrogen) atoms. The van der Waals surface area contributed by atoms with Crippen LogP contribution in [0, 0.1) is 0 Å². The number of nitrogens with one attached hydrogen (secondary N) is 1. The summed E-state index contributed by atoms with van der Waals surface area (Å²) in [4.78, 5) is 11.8. The Bertz CT molecular complexity index is 477. The lowest BCUT2D eigenvalue weighted by atomic mass is 10.1. The summed E-state index contributed by atoms with van der Waals surface area (Å²) in [7, 11) is 0. The van der Waals surface area contributed by atoms with Crippen LogP contribution in [0.25, 0.3) is 0 Å². The number of hydrogen-bond acceptors (Lipinski definition) is 3.